The lowest BCUT2D eigenvalue weighted by Gasteiger charge is -2.22. The van der Waals surface area contributed by atoms with E-state index in [9.17, 15) is 0 Å². The molecule has 0 aliphatic rings. The average molecular weight is 406 g/mol. The molecule has 0 spiro atoms. The quantitative estimate of drug-likeness (QED) is 0.438. The van der Waals surface area contributed by atoms with E-state index in [-0.39, 0.29) is 0 Å². The average Bonchev–Trinajstić information content (AvgIpc) is 3.15. The van der Waals surface area contributed by atoms with Crippen LogP contribution in [0.3, 0.4) is 0 Å². The highest BCUT2D eigenvalue weighted by Crippen LogP contribution is 2.39. The van der Waals surface area contributed by atoms with Crippen LogP contribution in [-0.2, 0) is 0 Å². The van der Waals surface area contributed by atoms with Crippen LogP contribution >= 0.6 is 11.3 Å². The Kier molecular flexibility index (Phi) is 6.53. The zero-order chi connectivity index (χ0) is 21.1. The summed E-state index contributed by atoms with van der Waals surface area (Å²) in [6.45, 7) is 17.7. The molecule has 0 amide bonds. The van der Waals surface area contributed by atoms with Crippen LogP contribution in [0.5, 0.6) is 0 Å². The van der Waals surface area contributed by atoms with E-state index >= 15 is 0 Å². The second-order valence-corrected chi connectivity index (χ2v) is 9.27. The summed E-state index contributed by atoms with van der Waals surface area (Å²) in [6, 6.07) is 8.64. The van der Waals surface area contributed by atoms with Crippen LogP contribution < -0.4 is 5.32 Å². The van der Waals surface area contributed by atoms with E-state index in [2.05, 4.69) is 75.9 Å². The van der Waals surface area contributed by atoms with Crippen molar-refractivity contribution in [1.82, 2.24) is 9.97 Å². The van der Waals surface area contributed by atoms with Gasteiger partial charge in [0.25, 0.3) is 0 Å². The Morgan fingerprint density at radius 2 is 1.52 bits per heavy atom. The molecular weight excluding hydrogens is 374 g/mol. The van der Waals surface area contributed by atoms with Crippen molar-refractivity contribution in [2.75, 3.05) is 5.32 Å². The highest BCUT2D eigenvalue weighted by atomic mass is 32.1. The van der Waals surface area contributed by atoms with Gasteiger partial charge >= 0.3 is 0 Å². The van der Waals surface area contributed by atoms with Gasteiger partial charge in [0.05, 0.1) is 5.69 Å². The fraction of sp³-hybridized carbons (Fsp3) is 0.360. The molecule has 3 rings (SSSR count). The molecule has 1 aromatic carbocycles. The molecule has 0 saturated heterocycles. The molecule has 152 valence electrons. The van der Waals surface area contributed by atoms with Crippen LogP contribution in [0.2, 0.25) is 0 Å². The number of hydrogen-bond acceptors (Lipinski definition) is 4. The van der Waals surface area contributed by atoms with Crippen LogP contribution in [-0.4, -0.2) is 9.97 Å². The molecule has 1 N–H and O–H groups in total. The van der Waals surface area contributed by atoms with Gasteiger partial charge in [-0.3, -0.25) is 4.98 Å². The number of hydrogen-bond donors (Lipinski definition) is 1. The van der Waals surface area contributed by atoms with Gasteiger partial charge in [-0.2, -0.15) is 0 Å². The van der Waals surface area contributed by atoms with Gasteiger partial charge in [-0.15, -0.1) is 11.3 Å². The van der Waals surface area contributed by atoms with Crippen molar-refractivity contribution in [1.29, 1.82) is 0 Å². The van der Waals surface area contributed by atoms with E-state index in [1.807, 2.05) is 12.1 Å². The molecule has 2 heterocycles. The van der Waals surface area contributed by atoms with E-state index in [1.54, 1.807) is 23.7 Å². The number of benzene rings is 1. The third-order valence-electron chi connectivity index (χ3n) is 5.18. The van der Waals surface area contributed by atoms with Gasteiger partial charge in [0.1, 0.15) is 0 Å². The lowest BCUT2D eigenvalue weighted by atomic mass is 9.83. The Morgan fingerprint density at radius 1 is 0.931 bits per heavy atom. The van der Waals surface area contributed by atoms with Crippen LogP contribution in [0.15, 0.2) is 48.6 Å². The summed E-state index contributed by atoms with van der Waals surface area (Å²) in [5.74, 6) is 1.38. The van der Waals surface area contributed by atoms with Crippen molar-refractivity contribution in [3.05, 3.63) is 70.9 Å². The predicted molar refractivity (Wildman–Crippen MR) is 127 cm³/mol. The normalized spacial score (nSPS) is 11.5. The Labute approximate surface area is 178 Å². The van der Waals surface area contributed by atoms with Gasteiger partial charge in [-0.1, -0.05) is 60.3 Å². The van der Waals surface area contributed by atoms with Crippen molar-refractivity contribution >= 4 is 22.2 Å². The Bertz CT molecular complexity index is 955. The maximum atomic E-state index is 4.94. The first-order valence-corrected chi connectivity index (χ1v) is 11.2. The van der Waals surface area contributed by atoms with Crippen molar-refractivity contribution in [3.63, 3.8) is 0 Å². The lowest BCUT2D eigenvalue weighted by Crippen LogP contribution is -2.04. The monoisotopic (exact) mass is 405 g/mol. The number of nitrogens with one attached hydrogen (secondary N) is 1. The Morgan fingerprint density at radius 3 is 2.03 bits per heavy atom. The minimum absolute atomic E-state index is 0.436. The third kappa shape index (κ3) is 4.76. The van der Waals surface area contributed by atoms with Gasteiger partial charge in [-0.05, 0) is 46.6 Å². The zero-order valence-electron chi connectivity index (χ0n) is 18.3. The van der Waals surface area contributed by atoms with Gasteiger partial charge in [0.2, 0.25) is 0 Å². The molecule has 0 saturated carbocycles. The number of anilines is 1. The first kappa shape index (κ1) is 21.3. The first-order chi connectivity index (χ1) is 13.8. The summed E-state index contributed by atoms with van der Waals surface area (Å²) in [4.78, 5) is 9.01. The molecule has 3 aromatic rings. The van der Waals surface area contributed by atoms with Crippen LogP contribution in [0.1, 0.15) is 81.5 Å². The smallest absolute Gasteiger partial charge is 0.187 e. The number of pyridine rings is 1. The van der Waals surface area contributed by atoms with Gasteiger partial charge in [0, 0.05) is 34.6 Å². The Balaban J connectivity index is 2.01. The highest BCUT2D eigenvalue weighted by molar-refractivity contribution is 7.14. The van der Waals surface area contributed by atoms with E-state index in [1.165, 1.54) is 22.3 Å². The van der Waals surface area contributed by atoms with E-state index in [4.69, 9.17) is 4.98 Å². The molecule has 0 radical (unpaired) electrons. The van der Waals surface area contributed by atoms with Crippen LogP contribution in [0, 0.1) is 0 Å². The molecule has 4 heteroatoms. The highest BCUT2D eigenvalue weighted by Gasteiger charge is 2.20. The fourth-order valence-electron chi connectivity index (χ4n) is 3.45. The fourth-order valence-corrected chi connectivity index (χ4v) is 4.18. The van der Waals surface area contributed by atoms with Gasteiger partial charge in [0.15, 0.2) is 5.13 Å². The minimum atomic E-state index is 0.436. The van der Waals surface area contributed by atoms with E-state index < -0.39 is 0 Å². The summed E-state index contributed by atoms with van der Waals surface area (Å²) in [6.07, 6.45) is 3.55. The van der Waals surface area contributed by atoms with Gasteiger partial charge < -0.3 is 5.32 Å². The standard InChI is InChI=1S/C25H31N3S/c1-15(2)20-12-21(16(3)4)24(22(13-20)17(5)6)23-14-29-25(28-23)27-18(7)19-8-10-26-11-9-19/h8-17H,7H2,1-6H3,(H,27,28). The predicted octanol–water partition coefficient (Wildman–Crippen LogP) is 7.66. The summed E-state index contributed by atoms with van der Waals surface area (Å²) in [5.41, 5.74) is 8.34. The Hall–Kier alpha value is -2.46. The number of thiazole rings is 1. The molecule has 0 aliphatic carbocycles. The second kappa shape index (κ2) is 8.91. The third-order valence-corrected chi connectivity index (χ3v) is 5.94. The molecule has 2 aromatic heterocycles. The number of aromatic nitrogens is 2. The molecule has 3 nitrogen and oxygen atoms in total. The molecule has 0 unspecified atom stereocenters. The molecule has 0 aliphatic heterocycles. The minimum Gasteiger partial charge on any atom is -0.332 e. The summed E-state index contributed by atoms with van der Waals surface area (Å²) < 4.78 is 0. The van der Waals surface area contributed by atoms with Crippen molar-refractivity contribution in [2.24, 2.45) is 0 Å². The summed E-state index contributed by atoms with van der Waals surface area (Å²) in [5, 5.41) is 6.38. The summed E-state index contributed by atoms with van der Waals surface area (Å²) >= 11 is 1.62. The molecular formula is C25H31N3S. The molecule has 0 atom stereocenters. The molecule has 0 fully saturated rings. The number of rotatable bonds is 7. The van der Waals surface area contributed by atoms with Crippen molar-refractivity contribution in [2.45, 2.75) is 59.3 Å². The van der Waals surface area contributed by atoms with Crippen LogP contribution in [0.25, 0.3) is 17.0 Å². The lowest BCUT2D eigenvalue weighted by molar-refractivity contribution is 0.807. The first-order valence-electron chi connectivity index (χ1n) is 10.3. The zero-order valence-corrected chi connectivity index (χ0v) is 19.1. The van der Waals surface area contributed by atoms with Crippen LogP contribution in [0.4, 0.5) is 5.13 Å². The SMILES string of the molecule is C=C(Nc1nc(-c2c(C(C)C)cc(C(C)C)cc2C(C)C)cs1)c1ccncc1. The molecule has 0 bridgehead atoms. The number of nitrogens with zero attached hydrogens (tertiary/aromatic N) is 2. The van der Waals surface area contributed by atoms with E-state index in [0.717, 1.165) is 22.1 Å². The van der Waals surface area contributed by atoms with Gasteiger partial charge in [-0.25, -0.2) is 4.98 Å². The van der Waals surface area contributed by atoms with Crippen molar-refractivity contribution in [3.8, 4) is 11.3 Å². The maximum Gasteiger partial charge on any atom is 0.187 e. The molecule has 29 heavy (non-hydrogen) atoms. The van der Waals surface area contributed by atoms with Crippen molar-refractivity contribution < 1.29 is 0 Å². The second-order valence-electron chi connectivity index (χ2n) is 8.42. The largest absolute Gasteiger partial charge is 0.332 e. The maximum absolute atomic E-state index is 4.94. The topological polar surface area (TPSA) is 37.8 Å². The summed E-state index contributed by atoms with van der Waals surface area (Å²) in [7, 11) is 0. The van der Waals surface area contributed by atoms with E-state index in [0.29, 0.717) is 17.8 Å².